The first kappa shape index (κ1) is 13.6. The molecule has 5 nitrogen and oxygen atoms in total. The van der Waals surface area contributed by atoms with Gasteiger partial charge >= 0.3 is 0 Å². The average Bonchev–Trinajstić information content (AvgIpc) is 3.17. The molecule has 0 aliphatic carbocycles. The molecule has 0 saturated carbocycles. The molecule has 0 radical (unpaired) electrons. The topological polar surface area (TPSA) is 48.0 Å². The molecule has 4 rings (SSSR count). The van der Waals surface area contributed by atoms with E-state index in [-0.39, 0.29) is 0 Å². The molecule has 0 N–H and O–H groups in total. The minimum absolute atomic E-state index is 0.486. The largest absolute Gasteiger partial charge is 0.275 e. The van der Waals surface area contributed by atoms with Gasteiger partial charge in [0.2, 0.25) is 5.95 Å². The third kappa shape index (κ3) is 2.26. The molecule has 114 valence electrons. The van der Waals surface area contributed by atoms with E-state index in [1.807, 2.05) is 31.6 Å². The zero-order valence-electron chi connectivity index (χ0n) is 12.1. The molecule has 0 atom stereocenters. The van der Waals surface area contributed by atoms with Gasteiger partial charge in [0.25, 0.3) is 0 Å². The molecule has 0 aromatic carbocycles. The summed E-state index contributed by atoms with van der Waals surface area (Å²) in [4.78, 5) is 3.46. The van der Waals surface area contributed by atoms with Crippen LogP contribution in [0, 0.1) is 11.8 Å². The van der Waals surface area contributed by atoms with Gasteiger partial charge in [-0.25, -0.2) is 13.9 Å². The monoisotopic (exact) mass is 311 g/mol. The number of pyridine rings is 2. The fourth-order valence-corrected chi connectivity index (χ4v) is 2.56. The Morgan fingerprint density at radius 3 is 2.57 bits per heavy atom. The highest BCUT2D eigenvalue weighted by molar-refractivity contribution is 5.83. The van der Waals surface area contributed by atoms with Crippen LogP contribution in [0.15, 0.2) is 49.2 Å². The van der Waals surface area contributed by atoms with E-state index in [9.17, 15) is 8.78 Å². The number of hydrogen-bond donors (Lipinski definition) is 0. The molecule has 7 heteroatoms. The van der Waals surface area contributed by atoms with Crippen LogP contribution >= 0.6 is 0 Å². The van der Waals surface area contributed by atoms with Crippen molar-refractivity contribution in [3.63, 3.8) is 0 Å². The molecular formula is C16H11F2N5. The van der Waals surface area contributed by atoms with Crippen LogP contribution in [0.25, 0.3) is 27.8 Å². The highest BCUT2D eigenvalue weighted by atomic mass is 19.2. The Morgan fingerprint density at radius 2 is 1.83 bits per heavy atom. The summed E-state index contributed by atoms with van der Waals surface area (Å²) in [6.07, 6.45) is 8.44. The van der Waals surface area contributed by atoms with Crippen LogP contribution in [0.3, 0.4) is 0 Å². The van der Waals surface area contributed by atoms with Crippen LogP contribution < -0.4 is 0 Å². The average molecular weight is 311 g/mol. The van der Waals surface area contributed by atoms with Crippen molar-refractivity contribution >= 4 is 5.52 Å². The lowest BCUT2D eigenvalue weighted by Gasteiger charge is -2.08. The van der Waals surface area contributed by atoms with Crippen molar-refractivity contribution in [1.82, 2.24) is 24.4 Å². The lowest BCUT2D eigenvalue weighted by atomic mass is 10.0. The molecule has 0 aliphatic heterocycles. The van der Waals surface area contributed by atoms with E-state index in [1.54, 1.807) is 21.6 Å². The Bertz CT molecular complexity index is 1020. The number of hydrogen-bond acceptors (Lipinski definition) is 3. The lowest BCUT2D eigenvalue weighted by molar-refractivity contribution is 0.480. The van der Waals surface area contributed by atoms with Crippen molar-refractivity contribution < 1.29 is 8.78 Å². The van der Waals surface area contributed by atoms with Crippen LogP contribution in [-0.4, -0.2) is 24.4 Å². The lowest BCUT2D eigenvalue weighted by Crippen LogP contribution is -1.95. The molecule has 0 aliphatic rings. The second-order valence-corrected chi connectivity index (χ2v) is 5.20. The smallest absolute Gasteiger partial charge is 0.248 e. The summed E-state index contributed by atoms with van der Waals surface area (Å²) in [6, 6.07) is 4.84. The van der Waals surface area contributed by atoms with Crippen molar-refractivity contribution in [2.75, 3.05) is 0 Å². The Morgan fingerprint density at radius 1 is 0.957 bits per heavy atom. The Hall–Kier alpha value is -3.09. The fraction of sp³-hybridized carbons (Fsp3) is 0.0625. The second kappa shape index (κ2) is 4.98. The maximum atomic E-state index is 13.5. The van der Waals surface area contributed by atoms with E-state index in [4.69, 9.17) is 0 Å². The predicted octanol–water partition coefficient (Wildman–Crippen LogP) is 3.08. The third-order valence-corrected chi connectivity index (χ3v) is 3.65. The molecule has 4 aromatic rings. The van der Waals surface area contributed by atoms with E-state index in [1.165, 1.54) is 6.20 Å². The molecule has 4 heterocycles. The summed E-state index contributed by atoms with van der Waals surface area (Å²) in [6.45, 7) is 0. The standard InChI is InChI=1S/C16H11F2N5/c1-22-8-12(7-21-22)11-4-13(15-2-3-20-23(15)9-11)10-5-14(17)16(18)19-6-10/h2-9H,1H3. The Labute approximate surface area is 129 Å². The summed E-state index contributed by atoms with van der Waals surface area (Å²) in [5.41, 5.74) is 3.76. The summed E-state index contributed by atoms with van der Waals surface area (Å²) in [7, 11) is 1.83. The van der Waals surface area contributed by atoms with Crippen molar-refractivity contribution in [1.29, 1.82) is 0 Å². The maximum absolute atomic E-state index is 13.5. The van der Waals surface area contributed by atoms with Crippen LogP contribution in [0.1, 0.15) is 0 Å². The van der Waals surface area contributed by atoms with Crippen LogP contribution in [0.4, 0.5) is 8.78 Å². The highest BCUT2D eigenvalue weighted by Gasteiger charge is 2.12. The molecular weight excluding hydrogens is 300 g/mol. The summed E-state index contributed by atoms with van der Waals surface area (Å²) >= 11 is 0. The van der Waals surface area contributed by atoms with E-state index in [0.717, 1.165) is 28.3 Å². The molecule has 0 spiro atoms. The first-order valence-electron chi connectivity index (χ1n) is 6.89. The predicted molar refractivity (Wildman–Crippen MR) is 80.5 cm³/mol. The van der Waals surface area contributed by atoms with Crippen molar-refractivity contribution in [2.24, 2.45) is 7.05 Å². The fourth-order valence-electron chi connectivity index (χ4n) is 2.56. The van der Waals surface area contributed by atoms with Crippen LogP contribution in [-0.2, 0) is 7.05 Å². The third-order valence-electron chi connectivity index (χ3n) is 3.65. The number of nitrogens with zero attached hydrogens (tertiary/aromatic N) is 5. The van der Waals surface area contributed by atoms with Gasteiger partial charge < -0.3 is 0 Å². The van der Waals surface area contributed by atoms with Gasteiger partial charge in [-0.3, -0.25) is 4.68 Å². The number of rotatable bonds is 2. The van der Waals surface area contributed by atoms with E-state index in [2.05, 4.69) is 15.2 Å². The normalized spacial score (nSPS) is 11.3. The Kier molecular flexibility index (Phi) is 2.94. The van der Waals surface area contributed by atoms with Gasteiger partial charge in [-0.15, -0.1) is 0 Å². The molecule has 0 fully saturated rings. The summed E-state index contributed by atoms with van der Waals surface area (Å²) < 4.78 is 30.0. The van der Waals surface area contributed by atoms with Crippen molar-refractivity contribution in [3.8, 4) is 22.3 Å². The van der Waals surface area contributed by atoms with Gasteiger partial charge in [-0.2, -0.15) is 14.6 Å². The Balaban J connectivity index is 1.97. The molecule has 4 aromatic heterocycles. The van der Waals surface area contributed by atoms with Gasteiger partial charge in [0.05, 0.1) is 11.7 Å². The summed E-state index contributed by atoms with van der Waals surface area (Å²) in [5, 5.41) is 8.39. The van der Waals surface area contributed by atoms with Crippen LogP contribution in [0.2, 0.25) is 0 Å². The molecule has 0 bridgehead atoms. The molecule has 23 heavy (non-hydrogen) atoms. The minimum atomic E-state index is -1.11. The van der Waals surface area contributed by atoms with Gasteiger partial charge in [-0.05, 0) is 18.2 Å². The minimum Gasteiger partial charge on any atom is -0.275 e. The first-order valence-corrected chi connectivity index (χ1v) is 6.89. The van der Waals surface area contributed by atoms with Crippen LogP contribution in [0.5, 0.6) is 0 Å². The zero-order valence-corrected chi connectivity index (χ0v) is 12.1. The molecule has 0 saturated heterocycles. The first-order chi connectivity index (χ1) is 11.1. The van der Waals surface area contributed by atoms with E-state index < -0.39 is 11.8 Å². The number of fused-ring (bicyclic) bond motifs is 1. The summed E-state index contributed by atoms with van der Waals surface area (Å²) in [5.74, 6) is -2.09. The zero-order chi connectivity index (χ0) is 16.0. The quantitative estimate of drug-likeness (QED) is 0.535. The van der Waals surface area contributed by atoms with Gasteiger partial charge in [0.1, 0.15) is 0 Å². The second-order valence-electron chi connectivity index (χ2n) is 5.20. The number of aryl methyl sites for hydroxylation is 1. The number of aromatic nitrogens is 5. The highest BCUT2D eigenvalue weighted by Crippen LogP contribution is 2.30. The van der Waals surface area contributed by atoms with Gasteiger partial charge in [0, 0.05) is 54.1 Å². The van der Waals surface area contributed by atoms with Gasteiger partial charge in [-0.1, -0.05) is 0 Å². The maximum Gasteiger partial charge on any atom is 0.248 e. The molecule has 0 unspecified atom stereocenters. The van der Waals surface area contributed by atoms with Crippen molar-refractivity contribution in [3.05, 3.63) is 60.9 Å². The number of halogens is 2. The molecule has 0 amide bonds. The van der Waals surface area contributed by atoms with Crippen molar-refractivity contribution in [2.45, 2.75) is 0 Å². The van der Waals surface area contributed by atoms with Gasteiger partial charge in [0.15, 0.2) is 5.82 Å². The van der Waals surface area contributed by atoms with E-state index >= 15 is 0 Å². The van der Waals surface area contributed by atoms with E-state index in [0.29, 0.717) is 5.56 Å². The SMILES string of the molecule is Cn1cc(-c2cc(-c3cnc(F)c(F)c3)c3ccnn3c2)cn1.